The third kappa shape index (κ3) is 2.23. The maximum Gasteiger partial charge on any atom is 0.335 e. The fourth-order valence-electron chi connectivity index (χ4n) is 1.66. The molecule has 0 aliphatic carbocycles. The Kier molecular flexibility index (Phi) is 3.11. The molecule has 3 aromatic rings. The zero-order chi connectivity index (χ0) is 14.1. The van der Waals surface area contributed by atoms with Gasteiger partial charge in [-0.15, -0.1) is 0 Å². The normalized spacial score (nSPS) is 10.7. The number of rotatable bonds is 3. The summed E-state index contributed by atoms with van der Waals surface area (Å²) in [7, 11) is 0. The number of carboxylic acids is 1. The van der Waals surface area contributed by atoms with Gasteiger partial charge in [0.05, 0.1) is 17.4 Å². The van der Waals surface area contributed by atoms with E-state index in [9.17, 15) is 4.79 Å². The van der Waals surface area contributed by atoms with Crippen LogP contribution in [-0.4, -0.2) is 21.2 Å². The van der Waals surface area contributed by atoms with Gasteiger partial charge in [-0.3, -0.25) is 0 Å². The van der Waals surface area contributed by atoms with Gasteiger partial charge >= 0.3 is 5.97 Å². The second kappa shape index (κ2) is 4.93. The minimum absolute atomic E-state index is 0.204. The van der Waals surface area contributed by atoms with Gasteiger partial charge in [-0.1, -0.05) is 17.3 Å². The molecule has 7 heteroatoms. The van der Waals surface area contributed by atoms with E-state index in [2.05, 4.69) is 26.1 Å². The molecule has 0 spiro atoms. The number of furan rings is 1. The Morgan fingerprint density at radius 2 is 1.95 bits per heavy atom. The first-order valence-corrected chi connectivity index (χ1v) is 6.35. The molecule has 100 valence electrons. The summed E-state index contributed by atoms with van der Waals surface area (Å²) in [5, 5.41) is 12.7. The lowest BCUT2D eigenvalue weighted by molar-refractivity contribution is 0.0697. The number of aromatic carboxylic acids is 1. The smallest absolute Gasteiger partial charge is 0.335 e. The molecule has 2 heterocycles. The monoisotopic (exact) mass is 334 g/mol. The fraction of sp³-hybridized carbons (Fsp3) is 0. The van der Waals surface area contributed by atoms with Gasteiger partial charge in [-0.05, 0) is 34.1 Å². The predicted molar refractivity (Wildman–Crippen MR) is 72.1 cm³/mol. The van der Waals surface area contributed by atoms with E-state index < -0.39 is 5.97 Å². The topological polar surface area (TPSA) is 89.4 Å². The van der Waals surface area contributed by atoms with E-state index in [1.54, 1.807) is 18.2 Å². The van der Waals surface area contributed by atoms with E-state index >= 15 is 0 Å². The molecule has 0 saturated carbocycles. The molecular weight excluding hydrogens is 328 g/mol. The lowest BCUT2D eigenvalue weighted by Gasteiger charge is -1.95. The highest BCUT2D eigenvalue weighted by Gasteiger charge is 2.15. The molecule has 0 radical (unpaired) electrons. The Morgan fingerprint density at radius 3 is 2.55 bits per heavy atom. The van der Waals surface area contributed by atoms with E-state index in [-0.39, 0.29) is 5.56 Å². The van der Waals surface area contributed by atoms with Crippen LogP contribution in [0.3, 0.4) is 0 Å². The zero-order valence-corrected chi connectivity index (χ0v) is 11.5. The summed E-state index contributed by atoms with van der Waals surface area (Å²) in [5.74, 6) is -0.277. The molecule has 2 aromatic heterocycles. The van der Waals surface area contributed by atoms with Crippen LogP contribution in [0.2, 0.25) is 0 Å². The van der Waals surface area contributed by atoms with E-state index in [1.807, 2.05) is 0 Å². The standard InChI is InChI=1S/C13H7BrN2O4/c14-10-9(5-6-19-10)12-15-11(16-20-12)7-1-3-8(4-2-7)13(17)18/h1-6H,(H,17,18). The molecule has 0 amide bonds. The van der Waals surface area contributed by atoms with Gasteiger partial charge in [0.15, 0.2) is 4.67 Å². The van der Waals surface area contributed by atoms with E-state index in [1.165, 1.54) is 18.4 Å². The Morgan fingerprint density at radius 1 is 1.20 bits per heavy atom. The minimum atomic E-state index is -0.979. The molecule has 6 nitrogen and oxygen atoms in total. The maximum absolute atomic E-state index is 10.8. The highest BCUT2D eigenvalue weighted by Crippen LogP contribution is 2.29. The molecule has 0 fully saturated rings. The lowest BCUT2D eigenvalue weighted by atomic mass is 10.1. The lowest BCUT2D eigenvalue weighted by Crippen LogP contribution is -1.95. The Balaban J connectivity index is 1.94. The number of hydrogen-bond acceptors (Lipinski definition) is 5. The third-order valence-corrected chi connectivity index (χ3v) is 3.28. The number of hydrogen-bond donors (Lipinski definition) is 1. The summed E-state index contributed by atoms with van der Waals surface area (Å²) in [6.45, 7) is 0. The van der Waals surface area contributed by atoms with Crippen LogP contribution >= 0.6 is 15.9 Å². The summed E-state index contributed by atoms with van der Waals surface area (Å²) in [4.78, 5) is 15.0. The highest BCUT2D eigenvalue weighted by molar-refractivity contribution is 9.10. The van der Waals surface area contributed by atoms with Crippen molar-refractivity contribution in [3.8, 4) is 22.8 Å². The second-order valence-corrected chi connectivity index (χ2v) is 4.63. The van der Waals surface area contributed by atoms with Gasteiger partial charge in [-0.2, -0.15) is 4.98 Å². The van der Waals surface area contributed by atoms with Crippen LogP contribution in [0.4, 0.5) is 0 Å². The Bertz CT molecular complexity index is 761. The van der Waals surface area contributed by atoms with Crippen molar-refractivity contribution in [1.82, 2.24) is 10.1 Å². The van der Waals surface area contributed by atoms with E-state index in [0.29, 0.717) is 27.5 Å². The third-order valence-electron chi connectivity index (χ3n) is 2.66. The molecule has 0 unspecified atom stereocenters. The van der Waals surface area contributed by atoms with Crippen molar-refractivity contribution >= 4 is 21.9 Å². The van der Waals surface area contributed by atoms with E-state index in [0.717, 1.165) is 0 Å². The maximum atomic E-state index is 10.8. The quantitative estimate of drug-likeness (QED) is 0.788. The van der Waals surface area contributed by atoms with Crippen molar-refractivity contribution in [3.63, 3.8) is 0 Å². The SMILES string of the molecule is O=C(O)c1ccc(-c2noc(-c3ccoc3Br)n2)cc1. The van der Waals surface area contributed by atoms with Crippen LogP contribution in [0.25, 0.3) is 22.8 Å². The molecule has 0 atom stereocenters. The highest BCUT2D eigenvalue weighted by atomic mass is 79.9. The number of benzene rings is 1. The van der Waals surface area contributed by atoms with Gasteiger partial charge in [-0.25, -0.2) is 4.79 Å². The molecule has 1 aromatic carbocycles. The van der Waals surface area contributed by atoms with Crippen LogP contribution < -0.4 is 0 Å². The summed E-state index contributed by atoms with van der Waals surface area (Å²) < 4.78 is 10.8. The summed E-state index contributed by atoms with van der Waals surface area (Å²) in [6.07, 6.45) is 1.50. The molecule has 20 heavy (non-hydrogen) atoms. The first-order valence-electron chi connectivity index (χ1n) is 5.56. The van der Waals surface area contributed by atoms with Crippen molar-refractivity contribution < 1.29 is 18.8 Å². The fourth-order valence-corrected chi connectivity index (χ4v) is 2.07. The molecule has 0 aliphatic heterocycles. The predicted octanol–water partition coefficient (Wildman–Crippen LogP) is 3.46. The number of carbonyl (C=O) groups is 1. The van der Waals surface area contributed by atoms with Crippen molar-refractivity contribution in [2.45, 2.75) is 0 Å². The van der Waals surface area contributed by atoms with Crippen LogP contribution in [-0.2, 0) is 0 Å². The Hall–Kier alpha value is -2.41. The summed E-state index contributed by atoms with van der Waals surface area (Å²) >= 11 is 3.23. The van der Waals surface area contributed by atoms with Crippen LogP contribution in [0.15, 0.2) is 50.2 Å². The molecule has 0 aliphatic rings. The largest absolute Gasteiger partial charge is 0.478 e. The van der Waals surface area contributed by atoms with Crippen molar-refractivity contribution in [2.75, 3.05) is 0 Å². The van der Waals surface area contributed by atoms with Crippen molar-refractivity contribution in [1.29, 1.82) is 0 Å². The Labute approximate surface area is 121 Å². The second-order valence-electron chi connectivity index (χ2n) is 3.91. The summed E-state index contributed by atoms with van der Waals surface area (Å²) in [6, 6.07) is 7.93. The van der Waals surface area contributed by atoms with Crippen LogP contribution in [0, 0.1) is 0 Å². The van der Waals surface area contributed by atoms with Crippen LogP contribution in [0.5, 0.6) is 0 Å². The van der Waals surface area contributed by atoms with Gasteiger partial charge in [0.2, 0.25) is 5.82 Å². The van der Waals surface area contributed by atoms with Crippen LogP contribution in [0.1, 0.15) is 10.4 Å². The van der Waals surface area contributed by atoms with Gasteiger partial charge in [0.1, 0.15) is 0 Å². The first-order chi connectivity index (χ1) is 9.65. The molecule has 0 saturated heterocycles. The molecule has 0 bridgehead atoms. The average Bonchev–Trinajstić information content (AvgIpc) is 3.07. The average molecular weight is 335 g/mol. The minimum Gasteiger partial charge on any atom is -0.478 e. The van der Waals surface area contributed by atoms with E-state index in [4.69, 9.17) is 14.0 Å². The number of nitrogens with zero attached hydrogens (tertiary/aromatic N) is 2. The molecule has 3 rings (SSSR count). The molecule has 1 N–H and O–H groups in total. The van der Waals surface area contributed by atoms with Gasteiger partial charge in [0, 0.05) is 5.56 Å². The number of aromatic nitrogens is 2. The van der Waals surface area contributed by atoms with Crippen molar-refractivity contribution in [2.24, 2.45) is 0 Å². The number of halogens is 1. The zero-order valence-electron chi connectivity index (χ0n) is 9.91. The molecular formula is C13H7BrN2O4. The van der Waals surface area contributed by atoms with Gasteiger partial charge < -0.3 is 14.0 Å². The summed E-state index contributed by atoms with van der Waals surface area (Å²) in [5.41, 5.74) is 1.53. The van der Waals surface area contributed by atoms with Gasteiger partial charge in [0.25, 0.3) is 5.89 Å². The number of carboxylic acid groups (broad SMARTS) is 1. The van der Waals surface area contributed by atoms with Crippen molar-refractivity contribution in [3.05, 3.63) is 46.8 Å². The first kappa shape index (κ1) is 12.6.